The van der Waals surface area contributed by atoms with Crippen LogP contribution in [0.4, 0.5) is 0 Å². The molecule has 1 saturated heterocycles. The minimum Gasteiger partial charge on any atom is -0.495 e. The highest BCUT2D eigenvalue weighted by Gasteiger charge is 2.21. The number of nitrogens with one attached hydrogen (secondary N) is 1. The predicted octanol–water partition coefficient (Wildman–Crippen LogP) is 4.41. The molecule has 4 aromatic rings. The molecule has 198 valence electrons. The van der Waals surface area contributed by atoms with Gasteiger partial charge in [0.1, 0.15) is 16.5 Å². The Bertz CT molecular complexity index is 1390. The largest absolute Gasteiger partial charge is 0.495 e. The number of rotatable bonds is 10. The van der Waals surface area contributed by atoms with E-state index in [0.29, 0.717) is 39.7 Å². The Balaban J connectivity index is 1.30. The van der Waals surface area contributed by atoms with Crippen molar-refractivity contribution >= 4 is 40.6 Å². The van der Waals surface area contributed by atoms with Gasteiger partial charge in [0.15, 0.2) is 11.0 Å². The molecule has 1 aliphatic rings. The van der Waals surface area contributed by atoms with Gasteiger partial charge >= 0.3 is 0 Å². The third kappa shape index (κ3) is 6.19. The summed E-state index contributed by atoms with van der Waals surface area (Å²) in [7, 11) is 1.63. The SMILES string of the molecule is COc1ccccc1-n1c(SCc2nc(C(=O)NCCN3CCOCC3)cs2)nnc1-c1ccccc1Cl. The van der Waals surface area contributed by atoms with Crippen LogP contribution >= 0.6 is 34.7 Å². The molecule has 12 heteroatoms. The van der Waals surface area contributed by atoms with Crippen molar-refractivity contribution in [2.75, 3.05) is 46.5 Å². The van der Waals surface area contributed by atoms with Crippen LogP contribution in [0.3, 0.4) is 0 Å². The topological polar surface area (TPSA) is 94.4 Å². The van der Waals surface area contributed by atoms with E-state index in [2.05, 4.69) is 25.4 Å². The zero-order chi connectivity index (χ0) is 26.3. The Labute approximate surface area is 234 Å². The molecule has 0 radical (unpaired) electrons. The molecule has 1 aliphatic heterocycles. The van der Waals surface area contributed by atoms with Crippen molar-refractivity contribution < 1.29 is 14.3 Å². The summed E-state index contributed by atoms with van der Waals surface area (Å²) < 4.78 is 12.9. The van der Waals surface area contributed by atoms with Gasteiger partial charge < -0.3 is 14.8 Å². The van der Waals surface area contributed by atoms with E-state index < -0.39 is 0 Å². The van der Waals surface area contributed by atoms with E-state index in [9.17, 15) is 4.79 Å². The molecule has 1 N–H and O–H groups in total. The second-order valence-corrected chi connectivity index (χ2v) is 10.7. The molecule has 0 unspecified atom stereocenters. The fraction of sp³-hybridized carbons (Fsp3) is 0.308. The lowest BCUT2D eigenvalue weighted by Gasteiger charge is -2.26. The summed E-state index contributed by atoms with van der Waals surface area (Å²) in [5.41, 5.74) is 2.00. The first-order valence-corrected chi connectivity index (χ1v) is 14.4. The summed E-state index contributed by atoms with van der Waals surface area (Å²) in [5, 5.41) is 15.8. The molecule has 9 nitrogen and oxygen atoms in total. The molecule has 0 saturated carbocycles. The van der Waals surface area contributed by atoms with Gasteiger partial charge in [-0.05, 0) is 24.3 Å². The number of methoxy groups -OCH3 is 1. The van der Waals surface area contributed by atoms with Crippen molar-refractivity contribution in [2.45, 2.75) is 10.9 Å². The number of morpholine rings is 1. The summed E-state index contributed by atoms with van der Waals surface area (Å²) in [6.07, 6.45) is 0. The lowest BCUT2D eigenvalue weighted by molar-refractivity contribution is 0.0383. The van der Waals surface area contributed by atoms with Gasteiger partial charge in [-0.3, -0.25) is 14.3 Å². The number of aromatic nitrogens is 4. The standard InChI is InChI=1S/C26H27ClN6O3S2/c1-35-22-9-5-4-8-21(22)33-24(18-6-2-3-7-19(18)27)30-31-26(33)38-17-23-29-20(16-37-23)25(34)28-10-11-32-12-14-36-15-13-32/h2-9,16H,10-15,17H2,1H3,(H,28,34). The van der Waals surface area contributed by atoms with Gasteiger partial charge in [-0.2, -0.15) is 0 Å². The first kappa shape index (κ1) is 26.6. The minimum absolute atomic E-state index is 0.163. The maximum absolute atomic E-state index is 12.6. The number of thioether (sulfide) groups is 1. The molecule has 3 heterocycles. The molecule has 0 aliphatic carbocycles. The predicted molar refractivity (Wildman–Crippen MR) is 150 cm³/mol. The summed E-state index contributed by atoms with van der Waals surface area (Å²) in [6, 6.07) is 15.2. The molecule has 2 aromatic carbocycles. The average molecular weight is 571 g/mol. The summed E-state index contributed by atoms with van der Waals surface area (Å²) in [4.78, 5) is 19.4. The number of amides is 1. The lowest BCUT2D eigenvalue weighted by atomic mass is 10.2. The van der Waals surface area contributed by atoms with Gasteiger partial charge in [-0.25, -0.2) is 4.98 Å². The quantitative estimate of drug-likeness (QED) is 0.280. The van der Waals surface area contributed by atoms with Crippen molar-refractivity contribution in [1.82, 2.24) is 30.0 Å². The summed E-state index contributed by atoms with van der Waals surface area (Å²) in [5.74, 6) is 1.67. The Morgan fingerprint density at radius 2 is 1.95 bits per heavy atom. The fourth-order valence-corrected chi connectivity index (χ4v) is 6.02. The van der Waals surface area contributed by atoms with Crippen LogP contribution < -0.4 is 10.1 Å². The normalized spacial score (nSPS) is 13.9. The molecular formula is C26H27ClN6O3S2. The maximum atomic E-state index is 12.6. The highest BCUT2D eigenvalue weighted by atomic mass is 35.5. The van der Waals surface area contributed by atoms with E-state index in [1.54, 1.807) is 12.5 Å². The number of halogens is 1. The Hall–Kier alpha value is -2.96. The number of hydrogen-bond acceptors (Lipinski definition) is 9. The van der Waals surface area contributed by atoms with E-state index in [0.717, 1.165) is 49.1 Å². The van der Waals surface area contributed by atoms with Gasteiger partial charge in [0.05, 0.1) is 36.8 Å². The van der Waals surface area contributed by atoms with E-state index in [1.165, 1.54) is 23.1 Å². The molecular weight excluding hydrogens is 544 g/mol. The van der Waals surface area contributed by atoms with Crippen LogP contribution in [0.1, 0.15) is 15.5 Å². The number of hydrogen-bond donors (Lipinski definition) is 1. The second kappa shape index (κ2) is 12.7. The highest BCUT2D eigenvalue weighted by molar-refractivity contribution is 7.98. The molecule has 1 fully saturated rings. The number of carbonyl (C=O) groups excluding carboxylic acids is 1. The van der Waals surface area contributed by atoms with Crippen LogP contribution in [0.2, 0.25) is 5.02 Å². The first-order chi connectivity index (χ1) is 18.6. The van der Waals surface area contributed by atoms with Crippen LogP contribution in [0.5, 0.6) is 5.75 Å². The Kier molecular flexibility index (Phi) is 8.92. The zero-order valence-electron chi connectivity index (χ0n) is 20.8. The van der Waals surface area contributed by atoms with Gasteiger partial charge in [-0.15, -0.1) is 21.5 Å². The molecule has 1 amide bonds. The Morgan fingerprint density at radius 3 is 2.76 bits per heavy atom. The highest BCUT2D eigenvalue weighted by Crippen LogP contribution is 2.36. The number of ether oxygens (including phenoxy) is 2. The van der Waals surface area contributed by atoms with Gasteiger partial charge in [0.2, 0.25) is 0 Å². The van der Waals surface area contributed by atoms with Gasteiger partial charge in [0, 0.05) is 37.1 Å². The van der Waals surface area contributed by atoms with Crippen LogP contribution in [0.25, 0.3) is 17.1 Å². The van der Waals surface area contributed by atoms with Crippen molar-refractivity contribution in [3.63, 3.8) is 0 Å². The van der Waals surface area contributed by atoms with Gasteiger partial charge in [0.25, 0.3) is 5.91 Å². The van der Waals surface area contributed by atoms with E-state index in [-0.39, 0.29) is 5.91 Å². The third-order valence-corrected chi connectivity index (χ3v) is 8.30. The average Bonchev–Trinajstić information content (AvgIpc) is 3.60. The van der Waals surface area contributed by atoms with Crippen molar-refractivity contribution in [2.24, 2.45) is 0 Å². The summed E-state index contributed by atoms with van der Waals surface area (Å²) in [6.45, 7) is 4.65. The molecule has 38 heavy (non-hydrogen) atoms. The number of nitrogens with zero attached hydrogens (tertiary/aromatic N) is 5. The number of thiazole rings is 1. The van der Waals surface area contributed by atoms with Crippen molar-refractivity contribution in [3.05, 3.63) is 69.6 Å². The molecule has 0 spiro atoms. The first-order valence-electron chi connectivity index (χ1n) is 12.1. The van der Waals surface area contributed by atoms with Crippen molar-refractivity contribution in [3.8, 4) is 22.8 Å². The van der Waals surface area contributed by atoms with E-state index in [4.69, 9.17) is 21.1 Å². The fourth-order valence-electron chi connectivity index (χ4n) is 4.06. The number of benzene rings is 2. The monoisotopic (exact) mass is 570 g/mol. The second-order valence-electron chi connectivity index (χ2n) is 8.42. The van der Waals surface area contributed by atoms with Crippen LogP contribution in [0, 0.1) is 0 Å². The molecule has 5 rings (SSSR count). The van der Waals surface area contributed by atoms with Crippen LogP contribution in [0.15, 0.2) is 59.1 Å². The van der Waals surface area contributed by atoms with Crippen LogP contribution in [-0.2, 0) is 10.5 Å². The summed E-state index contributed by atoms with van der Waals surface area (Å²) >= 11 is 9.45. The molecule has 2 aromatic heterocycles. The zero-order valence-corrected chi connectivity index (χ0v) is 23.2. The van der Waals surface area contributed by atoms with E-state index >= 15 is 0 Å². The van der Waals surface area contributed by atoms with Crippen LogP contribution in [-0.4, -0.2) is 77.1 Å². The smallest absolute Gasteiger partial charge is 0.270 e. The minimum atomic E-state index is -0.163. The third-order valence-electron chi connectivity index (χ3n) is 6.00. The maximum Gasteiger partial charge on any atom is 0.270 e. The van der Waals surface area contributed by atoms with E-state index in [1.807, 2.05) is 53.1 Å². The van der Waals surface area contributed by atoms with Gasteiger partial charge in [-0.1, -0.05) is 47.6 Å². The van der Waals surface area contributed by atoms with Crippen molar-refractivity contribution in [1.29, 1.82) is 0 Å². The molecule has 0 bridgehead atoms. The Morgan fingerprint density at radius 1 is 1.16 bits per heavy atom. The number of carbonyl (C=O) groups is 1. The lowest BCUT2D eigenvalue weighted by Crippen LogP contribution is -2.41. The number of para-hydroxylation sites is 2. The molecule has 0 atom stereocenters.